The molecule has 0 saturated heterocycles. The van der Waals surface area contributed by atoms with Gasteiger partial charge in [0.05, 0.1) is 0 Å². The van der Waals surface area contributed by atoms with E-state index in [1.54, 1.807) is 4.57 Å². The Morgan fingerprint density at radius 2 is 1.85 bits per heavy atom. The van der Waals surface area contributed by atoms with Gasteiger partial charge in [0, 0.05) is 39.3 Å². The topological polar surface area (TPSA) is 110 Å². The number of rotatable bonds is 8. The van der Waals surface area contributed by atoms with E-state index in [9.17, 15) is 9.59 Å². The fourth-order valence-electron chi connectivity index (χ4n) is 3.38. The Kier molecular flexibility index (Phi) is 6.17. The van der Waals surface area contributed by atoms with Crippen LogP contribution in [-0.2, 0) is 7.05 Å². The molecule has 1 aliphatic carbocycles. The fourth-order valence-corrected chi connectivity index (χ4v) is 3.38. The lowest BCUT2D eigenvalue weighted by molar-refractivity contribution is 0.402. The van der Waals surface area contributed by atoms with Crippen LogP contribution in [0, 0.1) is 0 Å². The monoisotopic (exact) mass is 376 g/mol. The van der Waals surface area contributed by atoms with Crippen LogP contribution in [0.1, 0.15) is 31.7 Å². The maximum absolute atomic E-state index is 12.6. The highest BCUT2D eigenvalue weighted by Crippen LogP contribution is 2.29. The first-order valence-electron chi connectivity index (χ1n) is 9.44. The van der Waals surface area contributed by atoms with Gasteiger partial charge < -0.3 is 15.5 Å². The predicted octanol–water partition coefficient (Wildman–Crippen LogP) is -0.437. The lowest BCUT2D eigenvalue weighted by Crippen LogP contribution is -2.40. The van der Waals surface area contributed by atoms with E-state index in [-0.39, 0.29) is 22.9 Å². The molecule has 1 fully saturated rings. The third-order valence-electron chi connectivity index (χ3n) is 4.91. The second-order valence-corrected chi connectivity index (χ2v) is 7.24. The number of nitrogens with zero attached hydrogens (tertiary/aromatic N) is 6. The van der Waals surface area contributed by atoms with Crippen molar-refractivity contribution in [3.05, 3.63) is 20.8 Å². The molecule has 3 rings (SSSR count). The van der Waals surface area contributed by atoms with E-state index in [0.717, 1.165) is 49.9 Å². The van der Waals surface area contributed by atoms with Gasteiger partial charge in [0.2, 0.25) is 5.95 Å². The van der Waals surface area contributed by atoms with Crippen molar-refractivity contribution in [3.63, 3.8) is 0 Å². The third-order valence-corrected chi connectivity index (χ3v) is 4.91. The molecular formula is C17H28N8O2. The van der Waals surface area contributed by atoms with Gasteiger partial charge in [-0.15, -0.1) is 10.2 Å². The van der Waals surface area contributed by atoms with Gasteiger partial charge >= 0.3 is 5.69 Å². The molecular weight excluding hydrogens is 348 g/mol. The van der Waals surface area contributed by atoms with Crippen LogP contribution in [0.15, 0.2) is 9.59 Å². The minimum Gasteiger partial charge on any atom is -0.352 e. The van der Waals surface area contributed by atoms with Crippen molar-refractivity contribution >= 4 is 17.1 Å². The van der Waals surface area contributed by atoms with Crippen LogP contribution in [-0.4, -0.2) is 69.5 Å². The summed E-state index contributed by atoms with van der Waals surface area (Å²) in [5.74, 6) is 0.297. The molecule has 0 unspecified atom stereocenters. The number of hydrogen-bond acceptors (Lipinski definition) is 8. The quantitative estimate of drug-likeness (QED) is 0.597. The molecule has 2 N–H and O–H groups in total. The van der Waals surface area contributed by atoms with Crippen molar-refractivity contribution in [2.24, 2.45) is 7.05 Å². The van der Waals surface area contributed by atoms with Crippen LogP contribution >= 0.6 is 0 Å². The Morgan fingerprint density at radius 3 is 2.56 bits per heavy atom. The molecule has 2 aromatic heterocycles. The lowest BCUT2D eigenvalue weighted by atomic mass is 10.2. The summed E-state index contributed by atoms with van der Waals surface area (Å²) in [6.07, 6.45) is 3.96. The first-order valence-corrected chi connectivity index (χ1v) is 9.44. The Hall–Kier alpha value is -2.33. The number of hydrogen-bond donors (Lipinski definition) is 2. The highest BCUT2D eigenvalue weighted by molar-refractivity contribution is 5.69. The summed E-state index contributed by atoms with van der Waals surface area (Å²) in [4.78, 5) is 31.6. The van der Waals surface area contributed by atoms with Crippen LogP contribution in [0.2, 0.25) is 0 Å². The van der Waals surface area contributed by atoms with Crippen molar-refractivity contribution < 1.29 is 0 Å². The van der Waals surface area contributed by atoms with Gasteiger partial charge in [-0.3, -0.25) is 13.9 Å². The summed E-state index contributed by atoms with van der Waals surface area (Å²) < 4.78 is 2.71. The molecule has 0 amide bonds. The Balaban J connectivity index is 1.79. The molecule has 27 heavy (non-hydrogen) atoms. The summed E-state index contributed by atoms with van der Waals surface area (Å²) in [6.45, 7) is 3.21. The molecule has 0 spiro atoms. The van der Waals surface area contributed by atoms with E-state index >= 15 is 0 Å². The molecule has 2 aromatic rings. The van der Waals surface area contributed by atoms with Crippen LogP contribution < -0.4 is 21.9 Å². The summed E-state index contributed by atoms with van der Waals surface area (Å²) in [5, 5.41) is 14.6. The molecule has 0 aromatic carbocycles. The molecule has 0 aliphatic heterocycles. The van der Waals surface area contributed by atoms with Gasteiger partial charge in [0.25, 0.3) is 5.56 Å². The Labute approximate surface area is 157 Å². The predicted molar refractivity (Wildman–Crippen MR) is 104 cm³/mol. The third kappa shape index (κ3) is 4.33. The highest BCUT2D eigenvalue weighted by atomic mass is 16.2. The number of nitrogens with one attached hydrogen (secondary N) is 2. The van der Waals surface area contributed by atoms with Gasteiger partial charge in [0.1, 0.15) is 0 Å². The van der Waals surface area contributed by atoms with Crippen molar-refractivity contribution in [1.29, 1.82) is 0 Å². The molecule has 10 nitrogen and oxygen atoms in total. The molecule has 0 atom stereocenters. The van der Waals surface area contributed by atoms with Crippen LogP contribution in [0.3, 0.4) is 0 Å². The van der Waals surface area contributed by atoms with E-state index in [2.05, 4.69) is 30.7 Å². The molecule has 2 heterocycles. The van der Waals surface area contributed by atoms with Gasteiger partial charge in [-0.05, 0) is 26.9 Å². The van der Waals surface area contributed by atoms with Gasteiger partial charge in [-0.2, -0.15) is 0 Å². The summed E-state index contributed by atoms with van der Waals surface area (Å²) in [5.41, 5.74) is -0.320. The van der Waals surface area contributed by atoms with E-state index in [1.807, 2.05) is 14.1 Å². The minimum absolute atomic E-state index is 0.0580. The molecule has 1 aliphatic rings. The zero-order valence-electron chi connectivity index (χ0n) is 16.2. The SMILES string of the molecule is CN(C)CCNCCNc1nnc2c(n1)c(=O)n(C)c(=O)n2C1CCCC1. The van der Waals surface area contributed by atoms with Crippen molar-refractivity contribution in [2.75, 3.05) is 45.6 Å². The molecule has 0 bridgehead atoms. The maximum atomic E-state index is 12.6. The average molecular weight is 376 g/mol. The fraction of sp³-hybridized carbons (Fsp3) is 0.706. The smallest absolute Gasteiger partial charge is 0.332 e. The van der Waals surface area contributed by atoms with E-state index < -0.39 is 5.56 Å². The first-order chi connectivity index (χ1) is 13.0. The summed E-state index contributed by atoms with van der Waals surface area (Å²) >= 11 is 0. The number of anilines is 1. The van der Waals surface area contributed by atoms with Gasteiger partial charge in [-0.1, -0.05) is 12.8 Å². The highest BCUT2D eigenvalue weighted by Gasteiger charge is 2.24. The minimum atomic E-state index is -0.439. The number of likely N-dealkylation sites (N-methyl/N-ethyl adjacent to an activating group) is 1. The van der Waals surface area contributed by atoms with Gasteiger partial charge in [-0.25, -0.2) is 9.78 Å². The van der Waals surface area contributed by atoms with E-state index in [4.69, 9.17) is 0 Å². The van der Waals surface area contributed by atoms with Gasteiger partial charge in [0.15, 0.2) is 11.2 Å². The molecule has 148 valence electrons. The molecule has 10 heteroatoms. The zero-order chi connectivity index (χ0) is 19.4. The second-order valence-electron chi connectivity index (χ2n) is 7.24. The second kappa shape index (κ2) is 8.57. The maximum Gasteiger partial charge on any atom is 0.332 e. The molecule has 1 saturated carbocycles. The number of fused-ring (bicyclic) bond motifs is 1. The van der Waals surface area contributed by atoms with Crippen molar-refractivity contribution in [2.45, 2.75) is 31.7 Å². The Morgan fingerprint density at radius 1 is 1.11 bits per heavy atom. The van der Waals surface area contributed by atoms with Crippen LogP contribution in [0.4, 0.5) is 5.95 Å². The molecule has 0 radical (unpaired) electrons. The van der Waals surface area contributed by atoms with Crippen LogP contribution in [0.25, 0.3) is 11.2 Å². The van der Waals surface area contributed by atoms with E-state index in [1.165, 1.54) is 7.05 Å². The number of aromatic nitrogens is 5. The van der Waals surface area contributed by atoms with Crippen molar-refractivity contribution in [1.82, 2.24) is 34.5 Å². The lowest BCUT2D eigenvalue weighted by Gasteiger charge is -2.16. The average Bonchev–Trinajstić information content (AvgIpc) is 3.17. The first kappa shape index (κ1) is 19.4. The standard InChI is InChI=1S/C17H28N8O2/c1-23(2)11-10-18-8-9-19-16-20-13-14(21-22-16)25(12-6-4-5-7-12)17(27)24(3)15(13)26/h12,18H,4-11H2,1-3H3,(H,19,20,22). The zero-order valence-corrected chi connectivity index (χ0v) is 16.2. The van der Waals surface area contributed by atoms with Crippen molar-refractivity contribution in [3.8, 4) is 0 Å². The summed E-state index contributed by atoms with van der Waals surface area (Å²) in [7, 11) is 5.54. The largest absolute Gasteiger partial charge is 0.352 e. The Bertz CT molecular complexity index is 898. The van der Waals surface area contributed by atoms with E-state index in [0.29, 0.717) is 12.5 Å². The van der Waals surface area contributed by atoms with Crippen LogP contribution in [0.5, 0.6) is 0 Å². The normalized spacial score (nSPS) is 15.1. The summed E-state index contributed by atoms with van der Waals surface area (Å²) in [6, 6.07) is 0.0580.